The lowest BCUT2D eigenvalue weighted by Gasteiger charge is -2.18. The number of esters is 2. The van der Waals surface area contributed by atoms with Gasteiger partial charge in [0.2, 0.25) is 0 Å². The summed E-state index contributed by atoms with van der Waals surface area (Å²) < 4.78 is 50.0. The molecule has 0 unspecified atom stereocenters. The van der Waals surface area contributed by atoms with Crippen LogP contribution < -0.4 is 9.47 Å². The van der Waals surface area contributed by atoms with Gasteiger partial charge >= 0.3 is 11.9 Å². The predicted octanol–water partition coefficient (Wildman–Crippen LogP) is 8.23. The van der Waals surface area contributed by atoms with E-state index in [1.807, 2.05) is 48.5 Å². The molecule has 0 aliphatic carbocycles. The predicted molar refractivity (Wildman–Crippen MR) is 188 cm³/mol. The van der Waals surface area contributed by atoms with Gasteiger partial charge in [0.05, 0.1) is 33.0 Å². The molecule has 0 radical (unpaired) electrons. The molecule has 0 aromatic heterocycles. The van der Waals surface area contributed by atoms with Crippen LogP contribution in [0.1, 0.15) is 86.7 Å². The van der Waals surface area contributed by atoms with Gasteiger partial charge in [-0.3, -0.25) is 14.4 Å². The van der Waals surface area contributed by atoms with Crippen LogP contribution >= 0.6 is 0 Å². The van der Waals surface area contributed by atoms with Gasteiger partial charge in [-0.05, 0) is 92.5 Å². The van der Waals surface area contributed by atoms with Crippen molar-refractivity contribution in [2.45, 2.75) is 84.0 Å². The molecule has 0 spiro atoms. The average Bonchev–Trinajstić information content (AvgIpc) is 3.48. The van der Waals surface area contributed by atoms with Crippen molar-refractivity contribution < 1.29 is 42.1 Å². The summed E-state index contributed by atoms with van der Waals surface area (Å²) in [6.07, 6.45) is 5.69. The van der Waals surface area contributed by atoms with E-state index in [4.69, 9.17) is 18.9 Å². The second kappa shape index (κ2) is 19.6. The van der Waals surface area contributed by atoms with Gasteiger partial charge in [0.1, 0.15) is 11.5 Å². The van der Waals surface area contributed by atoms with Crippen molar-refractivity contribution in [3.8, 4) is 22.6 Å². The molecule has 1 aliphatic heterocycles. The number of hydrogen-bond donors (Lipinski definition) is 0. The molecule has 1 saturated heterocycles. The zero-order chi connectivity index (χ0) is 35.8. The van der Waals surface area contributed by atoms with Gasteiger partial charge in [-0.25, -0.2) is 8.78 Å². The average molecular weight is 694 g/mol. The van der Waals surface area contributed by atoms with E-state index >= 15 is 0 Å². The van der Waals surface area contributed by atoms with E-state index in [-0.39, 0.29) is 37.7 Å². The number of nitrogens with zero attached hydrogens (tertiary/aromatic N) is 1. The number of unbranched alkanes of at least 4 members (excludes halogenated alkanes) is 3. The Kier molecular flexibility index (Phi) is 15.1. The Morgan fingerprint density at radius 3 is 2.18 bits per heavy atom. The van der Waals surface area contributed by atoms with Gasteiger partial charge in [-0.15, -0.1) is 0 Å². The Balaban J connectivity index is 1.30. The Bertz CT molecular complexity index is 1550. The quantitative estimate of drug-likeness (QED) is 0.0870. The highest BCUT2D eigenvalue weighted by Gasteiger charge is 2.40. The summed E-state index contributed by atoms with van der Waals surface area (Å²) in [5.41, 5.74) is 4.15. The number of halogens is 2. The van der Waals surface area contributed by atoms with E-state index in [1.54, 1.807) is 26.0 Å². The molecule has 1 aliphatic rings. The van der Waals surface area contributed by atoms with Gasteiger partial charge < -0.3 is 23.8 Å². The number of carbonyl (C=O) groups is 3. The molecule has 0 N–H and O–H groups in total. The molecule has 0 saturated carbocycles. The number of hydrogen-bond acceptors (Lipinski definition) is 7. The number of likely N-dealkylation sites (tertiary alicyclic amines) is 1. The summed E-state index contributed by atoms with van der Waals surface area (Å²) in [5.74, 6) is -2.52. The third-order valence-electron chi connectivity index (χ3n) is 8.53. The molecule has 0 atom stereocenters. The van der Waals surface area contributed by atoms with Crippen LogP contribution in [0.5, 0.6) is 11.5 Å². The van der Waals surface area contributed by atoms with Crippen LogP contribution in [0.3, 0.4) is 0 Å². The molecular weight excluding hydrogens is 644 g/mol. The van der Waals surface area contributed by atoms with Gasteiger partial charge in [-0.1, -0.05) is 55.3 Å². The van der Waals surface area contributed by atoms with Gasteiger partial charge in [0.15, 0.2) is 0 Å². The lowest BCUT2D eigenvalue weighted by Crippen LogP contribution is -2.31. The molecule has 10 heteroatoms. The summed E-state index contributed by atoms with van der Waals surface area (Å²) in [5, 5.41) is 0. The van der Waals surface area contributed by atoms with Crippen LogP contribution in [-0.2, 0) is 31.9 Å². The zero-order valence-electron chi connectivity index (χ0n) is 29.2. The second-order valence-electron chi connectivity index (χ2n) is 12.4. The number of alkyl halides is 2. The monoisotopic (exact) mass is 693 g/mol. The van der Waals surface area contributed by atoms with Gasteiger partial charge in [0, 0.05) is 31.4 Å². The number of aryl methyl sites for hydroxylation is 1. The van der Waals surface area contributed by atoms with Crippen molar-refractivity contribution in [3.63, 3.8) is 0 Å². The van der Waals surface area contributed by atoms with E-state index in [1.165, 1.54) is 4.90 Å². The fraction of sp³-hybridized carbons (Fsp3) is 0.475. The molecule has 270 valence electrons. The highest BCUT2D eigenvalue weighted by Crippen LogP contribution is 2.31. The third-order valence-corrected chi connectivity index (χ3v) is 8.53. The van der Waals surface area contributed by atoms with E-state index in [0.717, 1.165) is 60.1 Å². The summed E-state index contributed by atoms with van der Waals surface area (Å²) in [6, 6.07) is 20.8. The fourth-order valence-electron chi connectivity index (χ4n) is 6.01. The lowest BCUT2D eigenvalue weighted by molar-refractivity contribution is -0.144. The number of ether oxygens (including phenoxy) is 4. The topological polar surface area (TPSA) is 91.4 Å². The van der Waals surface area contributed by atoms with Gasteiger partial charge in [0.25, 0.3) is 11.8 Å². The number of amides is 1. The molecular formula is C40H49F2NO7. The van der Waals surface area contributed by atoms with Crippen molar-refractivity contribution in [2.75, 3.05) is 39.5 Å². The molecule has 1 fully saturated rings. The van der Waals surface area contributed by atoms with Crippen LogP contribution in [0.2, 0.25) is 0 Å². The minimum Gasteiger partial charge on any atom is -0.494 e. The second-order valence-corrected chi connectivity index (χ2v) is 12.4. The Morgan fingerprint density at radius 1 is 0.740 bits per heavy atom. The maximum absolute atomic E-state index is 13.9. The first-order chi connectivity index (χ1) is 24.2. The molecule has 1 heterocycles. The molecule has 0 bridgehead atoms. The molecule has 1 amide bonds. The Morgan fingerprint density at radius 2 is 1.46 bits per heavy atom. The zero-order valence-corrected chi connectivity index (χ0v) is 29.2. The largest absolute Gasteiger partial charge is 0.494 e. The maximum atomic E-state index is 13.9. The van der Waals surface area contributed by atoms with Crippen LogP contribution in [0, 0.1) is 0 Å². The van der Waals surface area contributed by atoms with Gasteiger partial charge in [-0.2, -0.15) is 0 Å². The van der Waals surface area contributed by atoms with Crippen molar-refractivity contribution in [2.24, 2.45) is 0 Å². The van der Waals surface area contributed by atoms with E-state index < -0.39 is 18.4 Å². The van der Waals surface area contributed by atoms with Crippen LogP contribution in [0.4, 0.5) is 8.78 Å². The lowest BCUT2D eigenvalue weighted by atomic mass is 9.96. The van der Waals surface area contributed by atoms with Crippen molar-refractivity contribution in [1.82, 2.24) is 4.90 Å². The first-order valence-electron chi connectivity index (χ1n) is 17.7. The maximum Gasteiger partial charge on any atom is 0.306 e. The summed E-state index contributed by atoms with van der Waals surface area (Å²) in [4.78, 5) is 38.2. The Labute approximate surface area is 294 Å². The molecule has 8 nitrogen and oxygen atoms in total. The molecule has 3 aromatic carbocycles. The fourth-order valence-corrected chi connectivity index (χ4v) is 6.01. The minimum atomic E-state index is -2.86. The van der Waals surface area contributed by atoms with E-state index in [2.05, 4.69) is 6.07 Å². The Hall–Kier alpha value is -4.47. The third kappa shape index (κ3) is 12.1. The number of carbonyl (C=O) groups excluding carboxylic acids is 3. The first-order valence-corrected chi connectivity index (χ1v) is 17.7. The SMILES string of the molecule is CCOC(=O)CCCOc1cccc(CCCCCCOc2cc(C(=O)N3CCC(F)(F)C3)cc(-c3ccccc3)c2)c1CCC(=O)OCC. The number of rotatable bonds is 20. The standard InChI is InChI=1S/C40H49F2NO7/c1-3-47-37(44)19-13-25-50-36-18-12-17-31(35(36)20-21-38(45)48-4-2)16-8-5-6-11-24-49-34-27-32(30-14-9-7-10-15-30)26-33(28-34)39(46)43-23-22-40(41,42)29-43/h7,9-10,12,14-15,17-18,26-28H,3-6,8,11,13,16,19-25,29H2,1-2H3. The first kappa shape index (κ1) is 38.3. The summed E-state index contributed by atoms with van der Waals surface area (Å²) in [7, 11) is 0. The van der Waals surface area contributed by atoms with Crippen molar-refractivity contribution in [3.05, 3.63) is 83.4 Å². The van der Waals surface area contributed by atoms with Crippen molar-refractivity contribution >= 4 is 17.8 Å². The summed E-state index contributed by atoms with van der Waals surface area (Å²) >= 11 is 0. The highest BCUT2D eigenvalue weighted by molar-refractivity contribution is 5.96. The molecule has 50 heavy (non-hydrogen) atoms. The van der Waals surface area contributed by atoms with Crippen molar-refractivity contribution in [1.29, 1.82) is 0 Å². The minimum absolute atomic E-state index is 0.0267. The smallest absolute Gasteiger partial charge is 0.306 e. The van der Waals surface area contributed by atoms with Crippen LogP contribution in [0.15, 0.2) is 66.7 Å². The van der Waals surface area contributed by atoms with Crippen LogP contribution in [-0.4, -0.2) is 68.2 Å². The number of benzene rings is 3. The van der Waals surface area contributed by atoms with Crippen LogP contribution in [0.25, 0.3) is 11.1 Å². The molecule has 4 rings (SSSR count). The molecule has 3 aromatic rings. The normalized spacial score (nSPS) is 13.6. The van der Waals surface area contributed by atoms with E-state index in [0.29, 0.717) is 50.6 Å². The summed E-state index contributed by atoms with van der Waals surface area (Å²) in [6.45, 7) is 4.53. The van der Waals surface area contributed by atoms with E-state index in [9.17, 15) is 23.2 Å². The highest BCUT2D eigenvalue weighted by atomic mass is 19.3.